The van der Waals surface area contributed by atoms with Crippen molar-refractivity contribution in [1.29, 1.82) is 0 Å². The number of carbonyl (C=O) groups excluding carboxylic acids is 2. The fourth-order valence-electron chi connectivity index (χ4n) is 4.08. The zero-order valence-electron chi connectivity index (χ0n) is 17.3. The second-order valence-electron chi connectivity index (χ2n) is 8.01. The SMILES string of the molecule is CN(C)CC(=O)N1CCCC(c2nc(-c3ccc(C=O)cc3)c3c(N)nccn23)C1. The van der Waals surface area contributed by atoms with Gasteiger partial charge in [0.1, 0.15) is 29.1 Å². The van der Waals surface area contributed by atoms with Crippen LogP contribution in [0.3, 0.4) is 0 Å². The topological polar surface area (TPSA) is 96.8 Å². The molecule has 3 heterocycles. The van der Waals surface area contributed by atoms with Gasteiger partial charge in [-0.05, 0) is 26.9 Å². The molecule has 2 aromatic heterocycles. The monoisotopic (exact) mass is 406 g/mol. The van der Waals surface area contributed by atoms with E-state index in [2.05, 4.69) is 4.98 Å². The van der Waals surface area contributed by atoms with Gasteiger partial charge >= 0.3 is 0 Å². The molecule has 156 valence electrons. The van der Waals surface area contributed by atoms with Gasteiger partial charge in [-0.25, -0.2) is 9.97 Å². The molecule has 1 amide bonds. The van der Waals surface area contributed by atoms with Gasteiger partial charge in [-0.3, -0.25) is 14.0 Å². The summed E-state index contributed by atoms with van der Waals surface area (Å²) >= 11 is 0. The second kappa shape index (κ2) is 8.23. The lowest BCUT2D eigenvalue weighted by atomic mass is 9.97. The Morgan fingerprint density at radius 1 is 1.30 bits per heavy atom. The number of rotatable bonds is 5. The maximum atomic E-state index is 12.6. The summed E-state index contributed by atoms with van der Waals surface area (Å²) in [4.78, 5) is 36.6. The normalized spacial score (nSPS) is 16.9. The molecule has 1 aromatic carbocycles. The van der Waals surface area contributed by atoms with Crippen LogP contribution in [0.15, 0.2) is 36.7 Å². The van der Waals surface area contributed by atoms with Crippen molar-refractivity contribution in [2.45, 2.75) is 18.8 Å². The van der Waals surface area contributed by atoms with Crippen LogP contribution in [0, 0.1) is 0 Å². The number of aldehydes is 1. The third-order valence-electron chi connectivity index (χ3n) is 5.52. The highest BCUT2D eigenvalue weighted by molar-refractivity contribution is 5.86. The maximum absolute atomic E-state index is 12.6. The molecule has 0 radical (unpaired) electrons. The molecule has 0 spiro atoms. The molecule has 2 N–H and O–H groups in total. The van der Waals surface area contributed by atoms with Crippen molar-refractivity contribution in [3.63, 3.8) is 0 Å². The minimum Gasteiger partial charge on any atom is -0.382 e. The van der Waals surface area contributed by atoms with Gasteiger partial charge in [0.05, 0.1) is 6.54 Å². The fraction of sp³-hybridized carbons (Fsp3) is 0.364. The number of imidazole rings is 1. The van der Waals surface area contributed by atoms with Crippen LogP contribution in [0.1, 0.15) is 34.9 Å². The number of nitrogen functional groups attached to an aromatic ring is 1. The summed E-state index contributed by atoms with van der Waals surface area (Å²) < 4.78 is 2.00. The van der Waals surface area contributed by atoms with Crippen LogP contribution in [-0.2, 0) is 4.79 Å². The van der Waals surface area contributed by atoms with Crippen molar-refractivity contribution in [3.8, 4) is 11.3 Å². The number of fused-ring (bicyclic) bond motifs is 1. The molecule has 3 aromatic rings. The van der Waals surface area contributed by atoms with E-state index in [1.165, 1.54) is 0 Å². The number of piperidine rings is 1. The van der Waals surface area contributed by atoms with E-state index in [1.807, 2.05) is 46.6 Å². The fourth-order valence-corrected chi connectivity index (χ4v) is 4.08. The quantitative estimate of drug-likeness (QED) is 0.652. The zero-order valence-corrected chi connectivity index (χ0v) is 17.3. The largest absolute Gasteiger partial charge is 0.382 e. The number of amides is 1. The van der Waals surface area contributed by atoms with Crippen LogP contribution in [0.4, 0.5) is 5.82 Å². The Morgan fingerprint density at radius 2 is 2.07 bits per heavy atom. The number of anilines is 1. The number of likely N-dealkylation sites (tertiary alicyclic amines) is 1. The van der Waals surface area contributed by atoms with Crippen molar-refractivity contribution in [1.82, 2.24) is 24.2 Å². The zero-order chi connectivity index (χ0) is 21.3. The Labute approximate surface area is 175 Å². The first-order valence-electron chi connectivity index (χ1n) is 10.1. The van der Waals surface area contributed by atoms with Gasteiger partial charge in [0.25, 0.3) is 0 Å². The lowest BCUT2D eigenvalue weighted by Gasteiger charge is -2.33. The van der Waals surface area contributed by atoms with Gasteiger partial charge in [0.15, 0.2) is 0 Å². The van der Waals surface area contributed by atoms with E-state index in [9.17, 15) is 9.59 Å². The summed E-state index contributed by atoms with van der Waals surface area (Å²) in [5, 5.41) is 0. The number of benzene rings is 1. The summed E-state index contributed by atoms with van der Waals surface area (Å²) in [6.07, 6.45) is 6.25. The molecule has 4 rings (SSSR count). The molecular weight excluding hydrogens is 380 g/mol. The maximum Gasteiger partial charge on any atom is 0.236 e. The van der Waals surface area contributed by atoms with Gasteiger partial charge in [-0.2, -0.15) is 0 Å². The molecule has 0 bridgehead atoms. The molecule has 30 heavy (non-hydrogen) atoms. The highest BCUT2D eigenvalue weighted by Crippen LogP contribution is 2.33. The Morgan fingerprint density at radius 3 is 2.77 bits per heavy atom. The average Bonchev–Trinajstić information content (AvgIpc) is 3.14. The van der Waals surface area contributed by atoms with Gasteiger partial charge in [0.2, 0.25) is 5.91 Å². The van der Waals surface area contributed by atoms with Crippen molar-refractivity contribution in [2.24, 2.45) is 0 Å². The lowest BCUT2D eigenvalue weighted by Crippen LogP contribution is -2.43. The van der Waals surface area contributed by atoms with Crippen molar-refractivity contribution in [2.75, 3.05) is 39.5 Å². The minimum absolute atomic E-state index is 0.113. The van der Waals surface area contributed by atoms with Crippen LogP contribution in [0.2, 0.25) is 0 Å². The number of nitrogens with zero attached hydrogens (tertiary/aromatic N) is 5. The second-order valence-corrected chi connectivity index (χ2v) is 8.01. The van der Waals surface area contributed by atoms with Crippen LogP contribution in [0.5, 0.6) is 0 Å². The number of nitrogens with two attached hydrogens (primary N) is 1. The smallest absolute Gasteiger partial charge is 0.236 e. The van der Waals surface area contributed by atoms with E-state index >= 15 is 0 Å². The molecule has 1 saturated heterocycles. The van der Waals surface area contributed by atoms with Crippen molar-refractivity contribution in [3.05, 3.63) is 48.0 Å². The van der Waals surface area contributed by atoms with Crippen LogP contribution in [-0.4, -0.2) is 70.1 Å². The average molecular weight is 406 g/mol. The lowest BCUT2D eigenvalue weighted by molar-refractivity contribution is -0.133. The highest BCUT2D eigenvalue weighted by Gasteiger charge is 2.29. The first-order valence-corrected chi connectivity index (χ1v) is 10.1. The first-order chi connectivity index (χ1) is 14.5. The van der Waals surface area contributed by atoms with E-state index in [-0.39, 0.29) is 11.8 Å². The Hall–Kier alpha value is -3.26. The highest BCUT2D eigenvalue weighted by atomic mass is 16.2. The number of hydrogen-bond donors (Lipinski definition) is 1. The predicted molar refractivity (Wildman–Crippen MR) is 115 cm³/mol. The Kier molecular flexibility index (Phi) is 5.50. The molecule has 1 aliphatic heterocycles. The third-order valence-corrected chi connectivity index (χ3v) is 5.52. The van der Waals surface area contributed by atoms with E-state index in [0.29, 0.717) is 24.5 Å². The van der Waals surface area contributed by atoms with Crippen molar-refractivity contribution >= 4 is 23.5 Å². The molecule has 0 saturated carbocycles. The van der Waals surface area contributed by atoms with Crippen LogP contribution >= 0.6 is 0 Å². The molecule has 1 atom stereocenters. The number of likely N-dealkylation sites (N-methyl/N-ethyl adjacent to an activating group) is 1. The van der Waals surface area contributed by atoms with Crippen molar-refractivity contribution < 1.29 is 9.59 Å². The molecule has 1 aliphatic rings. The molecule has 0 aliphatic carbocycles. The predicted octanol–water partition coefficient (Wildman–Crippen LogP) is 2.06. The van der Waals surface area contributed by atoms with E-state index < -0.39 is 0 Å². The van der Waals surface area contributed by atoms with E-state index in [1.54, 1.807) is 18.3 Å². The minimum atomic E-state index is 0.113. The standard InChI is InChI=1S/C22H26N6O2/c1-26(2)13-18(30)27-10-3-4-17(12-27)22-25-19(16-7-5-15(14-29)6-8-16)20-21(23)24-9-11-28(20)22/h5-9,11,14,17H,3-4,10,12-13H2,1-2H3,(H2,23,24). The van der Waals surface area contributed by atoms with Gasteiger partial charge < -0.3 is 15.5 Å². The first kappa shape index (κ1) is 20.0. The number of carbonyl (C=O) groups is 2. The molecule has 8 nitrogen and oxygen atoms in total. The number of hydrogen-bond acceptors (Lipinski definition) is 6. The Balaban J connectivity index is 1.73. The summed E-state index contributed by atoms with van der Waals surface area (Å²) in [7, 11) is 3.80. The third kappa shape index (κ3) is 3.78. The molecule has 8 heteroatoms. The Bertz CT molecular complexity index is 1070. The van der Waals surface area contributed by atoms with Gasteiger partial charge in [-0.1, -0.05) is 24.3 Å². The summed E-state index contributed by atoms with van der Waals surface area (Å²) in [5.41, 5.74) is 9.20. The number of aromatic nitrogens is 3. The summed E-state index contributed by atoms with van der Waals surface area (Å²) in [6.45, 7) is 1.81. The van der Waals surface area contributed by atoms with E-state index in [4.69, 9.17) is 10.7 Å². The molecular formula is C22H26N6O2. The van der Waals surface area contributed by atoms with Crippen LogP contribution in [0.25, 0.3) is 16.8 Å². The summed E-state index contributed by atoms with van der Waals surface area (Å²) in [6, 6.07) is 7.27. The van der Waals surface area contributed by atoms with Crippen LogP contribution < -0.4 is 5.73 Å². The molecule has 1 fully saturated rings. The van der Waals surface area contributed by atoms with Gasteiger partial charge in [-0.15, -0.1) is 0 Å². The van der Waals surface area contributed by atoms with Gasteiger partial charge in [0, 0.05) is 42.5 Å². The molecule has 1 unspecified atom stereocenters. The van der Waals surface area contributed by atoms with E-state index in [0.717, 1.165) is 48.3 Å². The summed E-state index contributed by atoms with van der Waals surface area (Å²) in [5.74, 6) is 1.54.